The van der Waals surface area contributed by atoms with Crippen LogP contribution in [0.15, 0.2) is 18.2 Å². The zero-order chi connectivity index (χ0) is 15.7. The van der Waals surface area contributed by atoms with Crippen LogP contribution in [0.3, 0.4) is 0 Å². The quantitative estimate of drug-likeness (QED) is 0.941. The normalized spacial score (nSPS) is 15.8. The molecule has 0 unspecified atom stereocenters. The molecule has 1 heterocycles. The van der Waals surface area contributed by atoms with Crippen molar-refractivity contribution in [3.05, 3.63) is 29.6 Å². The molecule has 1 amide bonds. The van der Waals surface area contributed by atoms with Gasteiger partial charge in [0.2, 0.25) is 5.91 Å². The van der Waals surface area contributed by atoms with E-state index in [2.05, 4.69) is 42.9 Å². The molecule has 4 nitrogen and oxygen atoms in total. The molecule has 118 valence electrons. The number of nitrogens with one attached hydrogen (secondary N) is 1. The Morgan fingerprint density at radius 2 is 2.09 bits per heavy atom. The third-order valence-electron chi connectivity index (χ3n) is 4.58. The zero-order valence-electron chi connectivity index (χ0n) is 13.7. The lowest BCUT2D eigenvalue weighted by molar-refractivity contribution is -0.121. The molecular weight excluding hydrogens is 274 g/mol. The van der Waals surface area contributed by atoms with Crippen molar-refractivity contribution in [1.82, 2.24) is 14.9 Å². The number of fused-ring (bicyclic) bond motifs is 1. The average molecular weight is 299 g/mol. The number of rotatable bonds is 4. The lowest BCUT2D eigenvalue weighted by atomic mass is 10.1. The van der Waals surface area contributed by atoms with E-state index < -0.39 is 0 Å². The van der Waals surface area contributed by atoms with Crippen LogP contribution in [0.25, 0.3) is 11.0 Å². The number of hydrogen-bond donors (Lipinski definition) is 1. The number of aryl methyl sites for hydroxylation is 1. The number of nitrogens with zero attached hydrogens (tertiary/aromatic N) is 2. The monoisotopic (exact) mass is 299 g/mol. The molecule has 22 heavy (non-hydrogen) atoms. The van der Waals surface area contributed by atoms with E-state index in [1.54, 1.807) is 0 Å². The second kappa shape index (κ2) is 6.11. The number of benzene rings is 1. The van der Waals surface area contributed by atoms with Gasteiger partial charge < -0.3 is 9.88 Å². The first-order valence-electron chi connectivity index (χ1n) is 8.29. The molecule has 4 heteroatoms. The van der Waals surface area contributed by atoms with Crippen LogP contribution in [-0.2, 0) is 18.3 Å². The molecule has 1 N–H and O–H groups in total. The standard InChI is InChI=1S/C18H25N3O/c1-12(2)18-20-15-10-13(8-9-16(15)21(18)3)11-17(22)19-14-6-4-5-7-14/h8-10,12,14H,4-7,11H2,1-3H3,(H,19,22). The highest BCUT2D eigenvalue weighted by Gasteiger charge is 2.17. The molecule has 1 aromatic heterocycles. The topological polar surface area (TPSA) is 46.9 Å². The van der Waals surface area contributed by atoms with Crippen molar-refractivity contribution in [2.24, 2.45) is 7.05 Å². The van der Waals surface area contributed by atoms with Crippen LogP contribution in [0.5, 0.6) is 0 Å². The third-order valence-corrected chi connectivity index (χ3v) is 4.58. The number of imidazole rings is 1. The summed E-state index contributed by atoms with van der Waals surface area (Å²) >= 11 is 0. The summed E-state index contributed by atoms with van der Waals surface area (Å²) in [5, 5.41) is 3.15. The summed E-state index contributed by atoms with van der Waals surface area (Å²) in [5.74, 6) is 1.61. The summed E-state index contributed by atoms with van der Waals surface area (Å²) in [4.78, 5) is 16.9. The highest BCUT2D eigenvalue weighted by molar-refractivity contribution is 5.82. The fourth-order valence-electron chi connectivity index (χ4n) is 3.42. The van der Waals surface area contributed by atoms with E-state index in [0.29, 0.717) is 18.4 Å². The van der Waals surface area contributed by atoms with Gasteiger partial charge in [-0.2, -0.15) is 0 Å². The molecule has 0 atom stereocenters. The molecule has 1 aliphatic carbocycles. The molecule has 0 bridgehead atoms. The van der Waals surface area contributed by atoms with Crippen LogP contribution in [0.1, 0.15) is 56.8 Å². The van der Waals surface area contributed by atoms with Crippen LogP contribution < -0.4 is 5.32 Å². The zero-order valence-corrected chi connectivity index (χ0v) is 13.7. The van der Waals surface area contributed by atoms with Gasteiger partial charge in [0, 0.05) is 19.0 Å². The molecule has 1 saturated carbocycles. The smallest absolute Gasteiger partial charge is 0.224 e. The Labute approximate surface area is 131 Å². The molecule has 0 aliphatic heterocycles. The first-order chi connectivity index (χ1) is 10.5. The Kier molecular flexibility index (Phi) is 4.19. The van der Waals surface area contributed by atoms with Gasteiger partial charge in [0.05, 0.1) is 17.5 Å². The predicted octanol–water partition coefficient (Wildman–Crippen LogP) is 3.30. The van der Waals surface area contributed by atoms with Gasteiger partial charge in [-0.3, -0.25) is 4.79 Å². The minimum absolute atomic E-state index is 0.131. The van der Waals surface area contributed by atoms with Gasteiger partial charge in [-0.15, -0.1) is 0 Å². The van der Waals surface area contributed by atoms with Crippen molar-refractivity contribution in [2.45, 2.75) is 57.9 Å². The van der Waals surface area contributed by atoms with Crippen molar-refractivity contribution in [1.29, 1.82) is 0 Å². The molecule has 1 aromatic carbocycles. The highest BCUT2D eigenvalue weighted by atomic mass is 16.1. The summed E-state index contributed by atoms with van der Waals surface area (Å²) in [5.41, 5.74) is 3.15. The number of carbonyl (C=O) groups excluding carboxylic acids is 1. The molecule has 0 radical (unpaired) electrons. The van der Waals surface area contributed by atoms with Crippen LogP contribution >= 0.6 is 0 Å². The predicted molar refractivity (Wildman–Crippen MR) is 88.9 cm³/mol. The van der Waals surface area contributed by atoms with Gasteiger partial charge in [-0.1, -0.05) is 32.8 Å². The fraction of sp³-hybridized carbons (Fsp3) is 0.556. The first-order valence-corrected chi connectivity index (χ1v) is 8.29. The van der Waals surface area contributed by atoms with Crippen LogP contribution in [0.4, 0.5) is 0 Å². The Morgan fingerprint density at radius 1 is 1.36 bits per heavy atom. The van der Waals surface area contributed by atoms with Crippen molar-refractivity contribution in [2.75, 3.05) is 0 Å². The number of carbonyl (C=O) groups is 1. The molecular formula is C18H25N3O. The maximum absolute atomic E-state index is 12.1. The Balaban J connectivity index is 1.75. The molecule has 3 rings (SSSR count). The molecule has 1 fully saturated rings. The van der Waals surface area contributed by atoms with Crippen molar-refractivity contribution < 1.29 is 4.79 Å². The summed E-state index contributed by atoms with van der Waals surface area (Å²) < 4.78 is 2.14. The van der Waals surface area contributed by atoms with Crippen LogP contribution in [0.2, 0.25) is 0 Å². The second-order valence-electron chi connectivity index (χ2n) is 6.73. The second-order valence-corrected chi connectivity index (χ2v) is 6.73. The maximum atomic E-state index is 12.1. The van der Waals surface area contributed by atoms with E-state index in [1.807, 2.05) is 6.07 Å². The van der Waals surface area contributed by atoms with Crippen LogP contribution in [-0.4, -0.2) is 21.5 Å². The SMILES string of the molecule is CC(C)c1nc2cc(CC(=O)NC3CCCC3)ccc2n1C. The lowest BCUT2D eigenvalue weighted by Crippen LogP contribution is -2.33. The highest BCUT2D eigenvalue weighted by Crippen LogP contribution is 2.22. The minimum atomic E-state index is 0.131. The number of hydrogen-bond acceptors (Lipinski definition) is 2. The van der Waals surface area contributed by atoms with Gasteiger partial charge in [0.1, 0.15) is 5.82 Å². The van der Waals surface area contributed by atoms with E-state index in [4.69, 9.17) is 4.98 Å². The van der Waals surface area contributed by atoms with Gasteiger partial charge in [0.25, 0.3) is 0 Å². The molecule has 2 aromatic rings. The third kappa shape index (κ3) is 3.01. The Hall–Kier alpha value is -1.84. The van der Waals surface area contributed by atoms with E-state index in [0.717, 1.165) is 35.3 Å². The van der Waals surface area contributed by atoms with E-state index >= 15 is 0 Å². The minimum Gasteiger partial charge on any atom is -0.353 e. The first kappa shape index (κ1) is 15.1. The summed E-state index contributed by atoms with van der Waals surface area (Å²) in [6.07, 6.45) is 5.18. The van der Waals surface area contributed by atoms with E-state index in [-0.39, 0.29) is 5.91 Å². The van der Waals surface area contributed by atoms with Crippen LogP contribution in [0, 0.1) is 0 Å². The Morgan fingerprint density at radius 3 is 2.77 bits per heavy atom. The fourth-order valence-corrected chi connectivity index (χ4v) is 3.42. The van der Waals surface area contributed by atoms with Gasteiger partial charge in [0.15, 0.2) is 0 Å². The average Bonchev–Trinajstić information content (AvgIpc) is 3.07. The summed E-state index contributed by atoms with van der Waals surface area (Å²) in [6, 6.07) is 6.56. The van der Waals surface area contributed by atoms with Crippen molar-refractivity contribution >= 4 is 16.9 Å². The van der Waals surface area contributed by atoms with Gasteiger partial charge in [-0.25, -0.2) is 4.98 Å². The summed E-state index contributed by atoms with van der Waals surface area (Å²) in [6.45, 7) is 4.30. The van der Waals surface area contributed by atoms with Gasteiger partial charge >= 0.3 is 0 Å². The molecule has 0 saturated heterocycles. The number of amides is 1. The molecule has 1 aliphatic rings. The van der Waals surface area contributed by atoms with E-state index in [1.165, 1.54) is 12.8 Å². The number of aromatic nitrogens is 2. The lowest BCUT2D eigenvalue weighted by Gasteiger charge is -2.11. The summed E-state index contributed by atoms with van der Waals surface area (Å²) in [7, 11) is 2.05. The van der Waals surface area contributed by atoms with Crippen molar-refractivity contribution in [3.8, 4) is 0 Å². The molecule has 0 spiro atoms. The Bertz CT molecular complexity index is 681. The van der Waals surface area contributed by atoms with Crippen molar-refractivity contribution in [3.63, 3.8) is 0 Å². The van der Waals surface area contributed by atoms with Gasteiger partial charge in [-0.05, 0) is 30.5 Å². The largest absolute Gasteiger partial charge is 0.353 e. The maximum Gasteiger partial charge on any atom is 0.224 e. The van der Waals surface area contributed by atoms with E-state index in [9.17, 15) is 4.79 Å².